The van der Waals surface area contributed by atoms with Gasteiger partial charge in [0.25, 0.3) is 0 Å². The van der Waals surface area contributed by atoms with E-state index in [2.05, 4.69) is 135 Å². The van der Waals surface area contributed by atoms with Gasteiger partial charge in [-0.05, 0) is 60.6 Å². The highest BCUT2D eigenvalue weighted by molar-refractivity contribution is 7.99. The Bertz CT molecular complexity index is 1720. The van der Waals surface area contributed by atoms with Gasteiger partial charge in [0.05, 0.1) is 16.9 Å². The van der Waals surface area contributed by atoms with Gasteiger partial charge in [0, 0.05) is 26.3 Å². The topological polar surface area (TPSA) is 17.3 Å². The molecule has 0 aliphatic carbocycles. The van der Waals surface area contributed by atoms with Gasteiger partial charge in [0.15, 0.2) is 0 Å². The molecule has 1 aromatic heterocycles. The first-order chi connectivity index (χ1) is 19.1. The molecule has 0 saturated carbocycles. The van der Waals surface area contributed by atoms with Gasteiger partial charge in [0.2, 0.25) is 0 Å². The maximum atomic E-state index is 5.60. The van der Waals surface area contributed by atoms with Crippen molar-refractivity contribution in [2.45, 2.75) is 50.3 Å². The van der Waals surface area contributed by atoms with Crippen molar-refractivity contribution in [2.75, 3.05) is 0 Å². The van der Waals surface area contributed by atoms with E-state index < -0.39 is 0 Å². The van der Waals surface area contributed by atoms with Crippen LogP contribution in [0, 0.1) is 5.92 Å². The SMILES string of the molecule is CC/C(C)=C(\N=C(\c1ccccc1)[C@H](C)CC)n1c2c(c3ccccc31)-c1ccccc1Sc1ccccc1-2. The van der Waals surface area contributed by atoms with Crippen LogP contribution in [0.15, 0.2) is 123 Å². The van der Waals surface area contributed by atoms with E-state index in [-0.39, 0.29) is 0 Å². The predicted octanol–water partition coefficient (Wildman–Crippen LogP) is 10.6. The number of hydrogen-bond acceptors (Lipinski definition) is 2. The van der Waals surface area contributed by atoms with E-state index in [1.165, 1.54) is 54.2 Å². The lowest BCUT2D eigenvalue weighted by atomic mass is 9.96. The maximum Gasteiger partial charge on any atom is 0.136 e. The highest BCUT2D eigenvalue weighted by atomic mass is 32.2. The van der Waals surface area contributed by atoms with Crippen LogP contribution in [0.3, 0.4) is 0 Å². The first kappa shape index (κ1) is 25.5. The molecule has 3 heteroatoms. The van der Waals surface area contributed by atoms with Gasteiger partial charge in [0.1, 0.15) is 5.82 Å². The Hall–Kier alpha value is -3.82. The Morgan fingerprint density at radius 1 is 0.769 bits per heavy atom. The molecule has 39 heavy (non-hydrogen) atoms. The normalized spacial score (nSPS) is 14.2. The number of fused-ring (bicyclic) bond motifs is 7. The van der Waals surface area contributed by atoms with Crippen LogP contribution in [0.2, 0.25) is 0 Å². The van der Waals surface area contributed by atoms with E-state index in [1.807, 2.05) is 11.8 Å². The van der Waals surface area contributed by atoms with E-state index in [9.17, 15) is 0 Å². The largest absolute Gasteiger partial charge is 0.293 e. The summed E-state index contributed by atoms with van der Waals surface area (Å²) in [5.41, 5.74) is 9.87. The molecule has 0 fully saturated rings. The van der Waals surface area contributed by atoms with E-state index >= 15 is 0 Å². The summed E-state index contributed by atoms with van der Waals surface area (Å²) < 4.78 is 2.45. The van der Waals surface area contributed by atoms with Crippen molar-refractivity contribution in [3.05, 3.63) is 114 Å². The number of rotatable bonds is 6. The fourth-order valence-electron chi connectivity index (χ4n) is 5.49. The molecule has 1 aliphatic heterocycles. The van der Waals surface area contributed by atoms with Gasteiger partial charge in [-0.15, -0.1) is 0 Å². The molecular weight excluding hydrogens is 492 g/mol. The second kappa shape index (κ2) is 10.7. The number of hydrogen-bond donors (Lipinski definition) is 0. The van der Waals surface area contributed by atoms with Gasteiger partial charge in [-0.3, -0.25) is 4.57 Å². The van der Waals surface area contributed by atoms with E-state index in [1.54, 1.807) is 0 Å². The summed E-state index contributed by atoms with van der Waals surface area (Å²) >= 11 is 1.86. The second-order valence-corrected chi connectivity index (χ2v) is 11.4. The molecule has 0 bridgehead atoms. The van der Waals surface area contributed by atoms with E-state index in [0.29, 0.717) is 5.92 Å². The van der Waals surface area contributed by atoms with Crippen LogP contribution in [0.5, 0.6) is 0 Å². The third-order valence-corrected chi connectivity index (χ3v) is 9.04. The van der Waals surface area contributed by atoms with Crippen molar-refractivity contribution in [3.63, 3.8) is 0 Å². The molecule has 0 unspecified atom stereocenters. The molecule has 0 radical (unpaired) electrons. The van der Waals surface area contributed by atoms with Crippen molar-refractivity contribution in [1.29, 1.82) is 0 Å². The van der Waals surface area contributed by atoms with Crippen LogP contribution < -0.4 is 0 Å². The second-order valence-electron chi connectivity index (χ2n) is 10.3. The van der Waals surface area contributed by atoms with E-state index in [0.717, 1.165) is 24.4 Å². The Balaban J connectivity index is 1.76. The van der Waals surface area contributed by atoms with Crippen molar-refractivity contribution >= 4 is 34.2 Å². The lowest BCUT2D eigenvalue weighted by Gasteiger charge is -2.20. The zero-order chi connectivity index (χ0) is 26.9. The maximum absolute atomic E-state index is 5.60. The number of aliphatic imine (C=N–C) groups is 1. The minimum atomic E-state index is 0.330. The standard InChI is InChI=1S/C36H34N2S/c1-5-24(3)34(26-16-8-7-9-17-26)37-36(25(4)6-2)38-30-21-13-10-18-27(30)33-28-19-11-14-22-31(28)39-32-23-15-12-20-29(32)35(33)38/h7-24H,5-6H2,1-4H3/b36-25+,37-34+/t24-/m1/s1. The predicted molar refractivity (Wildman–Crippen MR) is 169 cm³/mol. The van der Waals surface area contributed by atoms with Crippen molar-refractivity contribution < 1.29 is 0 Å². The third-order valence-electron chi connectivity index (χ3n) is 7.89. The Kier molecular flexibility index (Phi) is 7.01. The minimum absolute atomic E-state index is 0.330. The molecule has 194 valence electrons. The van der Waals surface area contributed by atoms with Crippen LogP contribution >= 0.6 is 11.8 Å². The number of allylic oxidation sites excluding steroid dienone is 1. The van der Waals surface area contributed by atoms with Gasteiger partial charge in [-0.25, -0.2) is 4.99 Å². The lowest BCUT2D eigenvalue weighted by Crippen LogP contribution is -2.14. The average Bonchev–Trinajstić information content (AvgIpc) is 3.24. The van der Waals surface area contributed by atoms with Gasteiger partial charge in [-0.1, -0.05) is 117 Å². The molecule has 0 saturated heterocycles. The molecule has 0 spiro atoms. The molecule has 4 aromatic carbocycles. The zero-order valence-corrected chi connectivity index (χ0v) is 23.9. The van der Waals surface area contributed by atoms with E-state index in [4.69, 9.17) is 4.99 Å². The molecule has 2 heterocycles. The number of para-hydroxylation sites is 1. The molecule has 0 amide bonds. The Morgan fingerprint density at radius 2 is 1.38 bits per heavy atom. The Labute approximate surface area is 236 Å². The van der Waals surface area contributed by atoms with Crippen LogP contribution in [0.1, 0.15) is 46.1 Å². The van der Waals surface area contributed by atoms with Crippen molar-refractivity contribution in [2.24, 2.45) is 10.9 Å². The molecule has 0 N–H and O–H groups in total. The zero-order valence-electron chi connectivity index (χ0n) is 23.1. The van der Waals surface area contributed by atoms with Crippen LogP contribution in [-0.4, -0.2) is 10.3 Å². The number of aromatic nitrogens is 1. The molecule has 1 atom stereocenters. The van der Waals surface area contributed by atoms with Crippen LogP contribution in [-0.2, 0) is 0 Å². The fourth-order valence-corrected chi connectivity index (χ4v) is 6.57. The third kappa shape index (κ3) is 4.45. The smallest absolute Gasteiger partial charge is 0.136 e. The van der Waals surface area contributed by atoms with Gasteiger partial charge in [-0.2, -0.15) is 0 Å². The van der Waals surface area contributed by atoms with Crippen molar-refractivity contribution in [1.82, 2.24) is 4.57 Å². The molecule has 2 nitrogen and oxygen atoms in total. The fraction of sp³-hybridized carbons (Fsp3) is 0.194. The molecule has 1 aliphatic rings. The first-order valence-electron chi connectivity index (χ1n) is 14.0. The van der Waals surface area contributed by atoms with Crippen LogP contribution in [0.25, 0.3) is 39.1 Å². The highest BCUT2D eigenvalue weighted by Gasteiger charge is 2.28. The summed E-state index contributed by atoms with van der Waals surface area (Å²) in [4.78, 5) is 8.16. The summed E-state index contributed by atoms with van der Waals surface area (Å²) in [5, 5.41) is 1.26. The molecule has 5 aromatic rings. The molecule has 6 rings (SSSR count). The number of benzene rings is 4. The highest BCUT2D eigenvalue weighted by Crippen LogP contribution is 2.52. The van der Waals surface area contributed by atoms with Gasteiger partial charge >= 0.3 is 0 Å². The summed E-state index contributed by atoms with van der Waals surface area (Å²) in [6.45, 7) is 9.02. The monoisotopic (exact) mass is 526 g/mol. The molecular formula is C36H34N2S. The summed E-state index contributed by atoms with van der Waals surface area (Å²) in [6, 6.07) is 37.2. The summed E-state index contributed by atoms with van der Waals surface area (Å²) in [6.07, 6.45) is 1.96. The quantitative estimate of drug-likeness (QED) is 0.197. The van der Waals surface area contributed by atoms with Crippen LogP contribution in [0.4, 0.5) is 0 Å². The van der Waals surface area contributed by atoms with Crippen molar-refractivity contribution in [3.8, 4) is 22.4 Å². The average molecular weight is 527 g/mol. The minimum Gasteiger partial charge on any atom is -0.293 e. The lowest BCUT2D eigenvalue weighted by molar-refractivity contribution is 0.739. The summed E-state index contributed by atoms with van der Waals surface area (Å²) in [5.74, 6) is 1.37. The van der Waals surface area contributed by atoms with Gasteiger partial charge < -0.3 is 0 Å². The number of nitrogens with zero attached hydrogens (tertiary/aromatic N) is 2. The summed E-state index contributed by atoms with van der Waals surface area (Å²) in [7, 11) is 0. The first-order valence-corrected chi connectivity index (χ1v) is 14.8. The Morgan fingerprint density at radius 3 is 2.10 bits per heavy atom.